The van der Waals surface area contributed by atoms with E-state index in [0.717, 1.165) is 11.0 Å². The molecular formula is C19H24Cl2N2O3. The van der Waals surface area contributed by atoms with Gasteiger partial charge in [-0.05, 0) is 23.8 Å². The van der Waals surface area contributed by atoms with Crippen molar-refractivity contribution in [3.63, 3.8) is 0 Å². The summed E-state index contributed by atoms with van der Waals surface area (Å²) in [5.41, 5.74) is 1.80. The Kier molecular flexibility index (Phi) is 8.88. The van der Waals surface area contributed by atoms with Crippen LogP contribution in [0, 0.1) is 0 Å². The Morgan fingerprint density at radius 1 is 1.08 bits per heavy atom. The number of carbonyl (C=O) groups is 1. The van der Waals surface area contributed by atoms with Crippen molar-refractivity contribution in [2.24, 2.45) is 0 Å². The van der Waals surface area contributed by atoms with Gasteiger partial charge in [0.05, 0.1) is 43.5 Å². The number of quaternary nitrogens is 1. The molecule has 0 amide bonds. The van der Waals surface area contributed by atoms with Gasteiger partial charge in [-0.15, -0.1) is 0 Å². The summed E-state index contributed by atoms with van der Waals surface area (Å²) in [5, 5.41) is 23.1. The molecule has 0 aliphatic rings. The molecule has 26 heavy (non-hydrogen) atoms. The molecule has 7 heteroatoms. The largest absolute Gasteiger partial charge is 0.550 e. The molecule has 0 bridgehead atoms. The third-order valence-electron chi connectivity index (χ3n) is 3.35. The van der Waals surface area contributed by atoms with Gasteiger partial charge in [0.2, 0.25) is 0 Å². The monoisotopic (exact) mass is 398 g/mol. The fraction of sp³-hybridized carbons (Fsp3) is 0.316. The van der Waals surface area contributed by atoms with Gasteiger partial charge in [-0.1, -0.05) is 47.5 Å². The SMILES string of the molecule is C[N+](C)(C)CCO.O=C([O-])Cc1ccccc1Nc1c(Cl)cccc1Cl. The molecule has 0 heterocycles. The smallest absolute Gasteiger partial charge is 0.101 e. The van der Waals surface area contributed by atoms with E-state index < -0.39 is 5.97 Å². The van der Waals surface area contributed by atoms with E-state index in [1.54, 1.807) is 42.5 Å². The first kappa shape index (κ1) is 22.3. The van der Waals surface area contributed by atoms with E-state index >= 15 is 0 Å². The maximum atomic E-state index is 10.7. The van der Waals surface area contributed by atoms with Gasteiger partial charge in [-0.25, -0.2) is 0 Å². The van der Waals surface area contributed by atoms with Gasteiger partial charge in [0.25, 0.3) is 0 Å². The summed E-state index contributed by atoms with van der Waals surface area (Å²) in [7, 11) is 6.16. The molecule has 0 saturated carbocycles. The van der Waals surface area contributed by atoms with E-state index in [1.807, 2.05) is 0 Å². The maximum absolute atomic E-state index is 10.7. The van der Waals surface area contributed by atoms with Crippen molar-refractivity contribution in [3.8, 4) is 0 Å². The number of anilines is 2. The number of benzene rings is 2. The predicted molar refractivity (Wildman–Crippen MR) is 105 cm³/mol. The molecule has 0 fully saturated rings. The molecule has 0 aliphatic carbocycles. The molecule has 2 aromatic carbocycles. The second-order valence-corrected chi connectivity index (χ2v) is 7.48. The topological polar surface area (TPSA) is 72.4 Å². The van der Waals surface area contributed by atoms with Crippen LogP contribution in [0.1, 0.15) is 5.56 Å². The molecule has 0 spiro atoms. The number of hydrogen-bond donors (Lipinski definition) is 2. The van der Waals surface area contributed by atoms with Gasteiger partial charge < -0.3 is 24.8 Å². The lowest BCUT2D eigenvalue weighted by molar-refractivity contribution is -0.870. The highest BCUT2D eigenvalue weighted by Crippen LogP contribution is 2.33. The minimum absolute atomic E-state index is 0.175. The number of nitrogens with one attached hydrogen (secondary N) is 1. The van der Waals surface area contributed by atoms with Gasteiger partial charge >= 0.3 is 0 Å². The number of rotatable bonds is 6. The Labute approximate surface area is 164 Å². The van der Waals surface area contributed by atoms with Crippen LogP contribution in [0.2, 0.25) is 10.0 Å². The molecule has 0 unspecified atom stereocenters. The average molecular weight is 399 g/mol. The van der Waals surface area contributed by atoms with Crippen LogP contribution in [0.15, 0.2) is 42.5 Å². The van der Waals surface area contributed by atoms with Gasteiger partial charge in [0, 0.05) is 18.1 Å². The molecular weight excluding hydrogens is 375 g/mol. The highest BCUT2D eigenvalue weighted by Gasteiger charge is 2.08. The van der Waals surface area contributed by atoms with Crippen LogP contribution in [-0.2, 0) is 11.2 Å². The number of hydrogen-bond acceptors (Lipinski definition) is 4. The Hall–Kier alpha value is -1.79. The normalized spacial score (nSPS) is 10.7. The zero-order valence-electron chi connectivity index (χ0n) is 15.1. The summed E-state index contributed by atoms with van der Waals surface area (Å²) in [6.45, 7) is 1.11. The molecule has 0 atom stereocenters. The highest BCUT2D eigenvalue weighted by molar-refractivity contribution is 6.39. The zero-order chi connectivity index (χ0) is 19.7. The third-order valence-corrected chi connectivity index (χ3v) is 3.98. The van der Waals surface area contributed by atoms with E-state index in [4.69, 9.17) is 28.3 Å². The van der Waals surface area contributed by atoms with Crippen LogP contribution in [-0.4, -0.2) is 49.9 Å². The zero-order valence-corrected chi connectivity index (χ0v) is 16.6. The van der Waals surface area contributed by atoms with Crippen LogP contribution >= 0.6 is 23.2 Å². The van der Waals surface area contributed by atoms with Crippen molar-refractivity contribution in [3.05, 3.63) is 58.1 Å². The number of para-hydroxylation sites is 2. The number of aliphatic hydroxyl groups is 1. The number of aliphatic hydroxyl groups excluding tert-OH is 1. The molecule has 2 rings (SSSR count). The number of carbonyl (C=O) groups excluding carboxylic acids is 1. The van der Waals surface area contributed by atoms with Crippen molar-refractivity contribution >= 4 is 40.5 Å². The molecule has 2 aromatic rings. The lowest BCUT2D eigenvalue weighted by atomic mass is 10.1. The third kappa shape index (κ3) is 8.06. The first-order valence-corrected chi connectivity index (χ1v) is 8.79. The second-order valence-electron chi connectivity index (χ2n) is 6.67. The summed E-state index contributed by atoms with van der Waals surface area (Å²) in [4.78, 5) is 10.7. The summed E-state index contributed by atoms with van der Waals surface area (Å²) in [6, 6.07) is 12.2. The van der Waals surface area contributed by atoms with E-state index in [1.165, 1.54) is 0 Å². The number of aliphatic carboxylic acids is 1. The number of halogens is 2. The summed E-state index contributed by atoms with van der Waals surface area (Å²) >= 11 is 12.1. The molecule has 2 N–H and O–H groups in total. The Bertz CT molecular complexity index is 711. The fourth-order valence-corrected chi connectivity index (χ4v) is 2.50. The molecule has 5 nitrogen and oxygen atoms in total. The van der Waals surface area contributed by atoms with Crippen LogP contribution < -0.4 is 10.4 Å². The van der Waals surface area contributed by atoms with Gasteiger partial charge in [0.1, 0.15) is 6.54 Å². The van der Waals surface area contributed by atoms with Crippen molar-refractivity contribution in [1.82, 2.24) is 0 Å². The van der Waals surface area contributed by atoms with Gasteiger partial charge in [0.15, 0.2) is 0 Å². The molecule has 0 aliphatic heterocycles. The van der Waals surface area contributed by atoms with Crippen molar-refractivity contribution in [2.75, 3.05) is 39.6 Å². The maximum Gasteiger partial charge on any atom is 0.101 e. The van der Waals surface area contributed by atoms with E-state index in [9.17, 15) is 9.90 Å². The average Bonchev–Trinajstić information content (AvgIpc) is 2.51. The van der Waals surface area contributed by atoms with E-state index in [0.29, 0.717) is 27.0 Å². The second kappa shape index (κ2) is 10.4. The summed E-state index contributed by atoms with van der Waals surface area (Å²) < 4.78 is 0.844. The first-order chi connectivity index (χ1) is 12.1. The van der Waals surface area contributed by atoms with Crippen molar-refractivity contribution in [1.29, 1.82) is 0 Å². The summed E-state index contributed by atoms with van der Waals surface area (Å²) in [5.74, 6) is -1.14. The minimum atomic E-state index is -1.14. The lowest BCUT2D eigenvalue weighted by Gasteiger charge is -2.21. The van der Waals surface area contributed by atoms with Crippen LogP contribution in [0.4, 0.5) is 11.4 Å². The molecule has 0 saturated heterocycles. The Morgan fingerprint density at radius 3 is 2.12 bits per heavy atom. The van der Waals surface area contributed by atoms with Crippen molar-refractivity contribution in [2.45, 2.75) is 6.42 Å². The summed E-state index contributed by atoms with van der Waals surface area (Å²) in [6.07, 6.45) is -0.175. The first-order valence-electron chi connectivity index (χ1n) is 8.04. The highest BCUT2D eigenvalue weighted by atomic mass is 35.5. The Balaban J connectivity index is 0.000000412. The number of likely N-dealkylation sites (N-methyl/N-ethyl adjacent to an activating group) is 1. The molecule has 0 radical (unpaired) electrons. The molecule has 142 valence electrons. The van der Waals surface area contributed by atoms with E-state index in [2.05, 4.69) is 26.5 Å². The Morgan fingerprint density at radius 2 is 1.65 bits per heavy atom. The van der Waals surface area contributed by atoms with Crippen LogP contribution in [0.5, 0.6) is 0 Å². The van der Waals surface area contributed by atoms with E-state index in [-0.39, 0.29) is 13.0 Å². The lowest BCUT2D eigenvalue weighted by Crippen LogP contribution is -2.36. The predicted octanol–water partition coefficient (Wildman–Crippen LogP) is 2.71. The molecule has 0 aromatic heterocycles. The quantitative estimate of drug-likeness (QED) is 0.733. The van der Waals surface area contributed by atoms with Gasteiger partial charge in [-0.2, -0.15) is 0 Å². The number of carboxylic acids is 1. The van der Waals surface area contributed by atoms with Crippen LogP contribution in [0.3, 0.4) is 0 Å². The standard InChI is InChI=1S/C14H11Cl2NO2.C5H14NO/c15-10-5-3-6-11(16)14(10)17-12-7-2-1-4-9(12)8-13(18)19;1-6(2,3)4-5-7/h1-7,17H,8H2,(H,18,19);7H,4-5H2,1-3H3/q;+1/p-1. The number of nitrogens with zero attached hydrogens (tertiary/aromatic N) is 1. The fourth-order valence-electron chi connectivity index (χ4n) is 2.00. The van der Waals surface area contributed by atoms with Crippen LogP contribution in [0.25, 0.3) is 0 Å². The van der Waals surface area contributed by atoms with Gasteiger partial charge in [-0.3, -0.25) is 0 Å². The number of carboxylic acid groups (broad SMARTS) is 1. The van der Waals surface area contributed by atoms with Crippen molar-refractivity contribution < 1.29 is 19.5 Å². The minimum Gasteiger partial charge on any atom is -0.550 e.